The van der Waals surface area contributed by atoms with Gasteiger partial charge in [-0.15, -0.1) is 10.2 Å². The number of carbonyl (C=O) groups is 1. The summed E-state index contributed by atoms with van der Waals surface area (Å²) in [5.41, 5.74) is 1.50. The monoisotopic (exact) mass is 455 g/mol. The second-order valence-electron chi connectivity index (χ2n) is 7.60. The molecule has 2 heterocycles. The lowest BCUT2D eigenvalue weighted by atomic mass is 10.2. The summed E-state index contributed by atoms with van der Waals surface area (Å²) in [6, 6.07) is 14.8. The quantitative estimate of drug-likeness (QED) is 0.429. The lowest BCUT2D eigenvalue weighted by Crippen LogP contribution is -2.26. The first-order chi connectivity index (χ1) is 15.0. The number of rotatable bonds is 7. The van der Waals surface area contributed by atoms with E-state index in [1.807, 2.05) is 54.6 Å². The third-order valence-electron chi connectivity index (χ3n) is 4.79. The minimum absolute atomic E-state index is 0.0850. The summed E-state index contributed by atoms with van der Waals surface area (Å²) in [6.45, 7) is 4.99. The van der Waals surface area contributed by atoms with Gasteiger partial charge < -0.3 is 5.32 Å². The SMILES string of the molecule is CC(C)Cn1c(=O)c2ccccc2n2c(SCC(=O)NCc3ccccc3Cl)nnc12. The molecule has 0 aliphatic carbocycles. The highest BCUT2D eigenvalue weighted by molar-refractivity contribution is 7.99. The largest absolute Gasteiger partial charge is 0.351 e. The summed E-state index contributed by atoms with van der Waals surface area (Å²) in [5, 5.41) is 13.2. The van der Waals surface area contributed by atoms with E-state index in [0.29, 0.717) is 34.4 Å². The highest BCUT2D eigenvalue weighted by atomic mass is 35.5. The van der Waals surface area contributed by atoms with Crippen molar-refractivity contribution in [1.29, 1.82) is 0 Å². The Bertz CT molecular complexity index is 1310. The molecular weight excluding hydrogens is 434 g/mol. The molecule has 0 unspecified atom stereocenters. The van der Waals surface area contributed by atoms with Crippen LogP contribution >= 0.6 is 23.4 Å². The maximum atomic E-state index is 13.0. The molecule has 0 aliphatic rings. The number of benzene rings is 2. The van der Waals surface area contributed by atoms with Gasteiger partial charge in [-0.1, -0.05) is 67.5 Å². The number of nitrogens with one attached hydrogen (secondary N) is 1. The molecule has 1 N–H and O–H groups in total. The van der Waals surface area contributed by atoms with Crippen molar-refractivity contribution in [2.45, 2.75) is 32.1 Å². The van der Waals surface area contributed by atoms with Gasteiger partial charge in [0.2, 0.25) is 11.7 Å². The van der Waals surface area contributed by atoms with Crippen LogP contribution in [-0.2, 0) is 17.9 Å². The number of para-hydroxylation sites is 1. The molecule has 7 nitrogen and oxygen atoms in total. The third kappa shape index (κ3) is 4.45. The van der Waals surface area contributed by atoms with E-state index in [9.17, 15) is 9.59 Å². The van der Waals surface area contributed by atoms with Crippen LogP contribution in [0.15, 0.2) is 58.5 Å². The summed E-state index contributed by atoms with van der Waals surface area (Å²) in [6.07, 6.45) is 0. The molecule has 2 aromatic heterocycles. The Balaban J connectivity index is 1.60. The highest BCUT2D eigenvalue weighted by Crippen LogP contribution is 2.22. The summed E-state index contributed by atoms with van der Waals surface area (Å²) in [5.74, 6) is 0.784. The molecule has 0 bridgehead atoms. The zero-order valence-electron chi connectivity index (χ0n) is 17.2. The van der Waals surface area contributed by atoms with Crippen molar-refractivity contribution in [3.8, 4) is 0 Å². The molecule has 0 saturated heterocycles. The zero-order chi connectivity index (χ0) is 22.0. The summed E-state index contributed by atoms with van der Waals surface area (Å²) in [7, 11) is 0. The lowest BCUT2D eigenvalue weighted by Gasteiger charge is -2.13. The number of halogens is 1. The topological polar surface area (TPSA) is 81.3 Å². The number of hydrogen-bond donors (Lipinski definition) is 1. The van der Waals surface area contributed by atoms with E-state index in [-0.39, 0.29) is 23.1 Å². The van der Waals surface area contributed by atoms with Crippen LogP contribution in [-0.4, -0.2) is 30.8 Å². The van der Waals surface area contributed by atoms with Crippen molar-refractivity contribution in [3.63, 3.8) is 0 Å². The normalized spacial score (nSPS) is 11.5. The smallest absolute Gasteiger partial charge is 0.262 e. The maximum Gasteiger partial charge on any atom is 0.262 e. The zero-order valence-corrected chi connectivity index (χ0v) is 18.8. The fraction of sp³-hybridized carbons (Fsp3) is 0.273. The van der Waals surface area contributed by atoms with Crippen LogP contribution in [0.3, 0.4) is 0 Å². The molecule has 4 rings (SSSR count). The molecule has 160 valence electrons. The predicted molar refractivity (Wildman–Crippen MR) is 124 cm³/mol. The first-order valence-corrected chi connectivity index (χ1v) is 11.3. The Morgan fingerprint density at radius 2 is 1.87 bits per heavy atom. The second-order valence-corrected chi connectivity index (χ2v) is 8.95. The Labute approximate surface area is 188 Å². The first-order valence-electron chi connectivity index (χ1n) is 9.95. The number of aromatic nitrogens is 4. The Hall–Kier alpha value is -2.84. The Kier molecular flexibility index (Phi) is 6.29. The molecule has 0 spiro atoms. The number of nitrogens with zero attached hydrogens (tertiary/aromatic N) is 4. The van der Waals surface area contributed by atoms with Gasteiger partial charge in [-0.2, -0.15) is 0 Å². The van der Waals surface area contributed by atoms with Crippen LogP contribution in [0, 0.1) is 5.92 Å². The van der Waals surface area contributed by atoms with Gasteiger partial charge in [0, 0.05) is 18.1 Å². The van der Waals surface area contributed by atoms with Crippen LogP contribution in [0.5, 0.6) is 0 Å². The first kappa shape index (κ1) is 21.4. The van der Waals surface area contributed by atoms with Gasteiger partial charge in [-0.05, 0) is 29.7 Å². The number of fused-ring (bicyclic) bond motifs is 3. The number of amides is 1. The van der Waals surface area contributed by atoms with Crippen molar-refractivity contribution in [2.24, 2.45) is 5.92 Å². The van der Waals surface area contributed by atoms with E-state index in [1.165, 1.54) is 11.8 Å². The number of hydrogen-bond acceptors (Lipinski definition) is 5. The molecule has 0 radical (unpaired) electrons. The van der Waals surface area contributed by atoms with Crippen LogP contribution in [0.4, 0.5) is 0 Å². The molecule has 0 atom stereocenters. The summed E-state index contributed by atoms with van der Waals surface area (Å²) >= 11 is 7.43. The standard InChI is InChI=1S/C22H22ClN5O2S/c1-14(2)12-27-20(30)16-8-4-6-10-18(16)28-21(27)25-26-22(28)31-13-19(29)24-11-15-7-3-5-9-17(15)23/h3-10,14H,11-13H2,1-2H3,(H,24,29). The second kappa shape index (κ2) is 9.11. The average Bonchev–Trinajstić information content (AvgIpc) is 3.18. The van der Waals surface area contributed by atoms with E-state index in [1.54, 1.807) is 16.7 Å². The van der Waals surface area contributed by atoms with Gasteiger partial charge in [-0.3, -0.25) is 18.6 Å². The minimum atomic E-state index is -0.138. The number of carbonyl (C=O) groups excluding carboxylic acids is 1. The molecule has 9 heteroatoms. The molecule has 0 saturated carbocycles. The van der Waals surface area contributed by atoms with E-state index in [0.717, 1.165) is 11.1 Å². The van der Waals surface area contributed by atoms with Gasteiger partial charge >= 0.3 is 0 Å². The Morgan fingerprint density at radius 3 is 2.65 bits per heavy atom. The number of thioether (sulfide) groups is 1. The minimum Gasteiger partial charge on any atom is -0.351 e. The predicted octanol–water partition coefficient (Wildman–Crippen LogP) is 3.76. The van der Waals surface area contributed by atoms with Gasteiger partial charge in [0.1, 0.15) is 0 Å². The van der Waals surface area contributed by atoms with Gasteiger partial charge in [0.05, 0.1) is 16.7 Å². The Morgan fingerprint density at radius 1 is 1.13 bits per heavy atom. The van der Waals surface area contributed by atoms with Crippen molar-refractivity contribution in [1.82, 2.24) is 24.5 Å². The van der Waals surface area contributed by atoms with E-state index in [4.69, 9.17) is 11.6 Å². The van der Waals surface area contributed by atoms with Crippen LogP contribution in [0.2, 0.25) is 5.02 Å². The molecule has 2 aromatic carbocycles. The molecule has 0 fully saturated rings. The van der Waals surface area contributed by atoms with E-state index in [2.05, 4.69) is 15.5 Å². The lowest BCUT2D eigenvalue weighted by molar-refractivity contribution is -0.118. The fourth-order valence-corrected chi connectivity index (χ4v) is 4.35. The molecule has 4 aromatic rings. The molecule has 1 amide bonds. The molecular formula is C22H22ClN5O2S. The third-order valence-corrected chi connectivity index (χ3v) is 6.09. The van der Waals surface area contributed by atoms with Crippen molar-refractivity contribution >= 4 is 46.0 Å². The van der Waals surface area contributed by atoms with Gasteiger partial charge in [-0.25, -0.2) is 0 Å². The highest BCUT2D eigenvalue weighted by Gasteiger charge is 2.18. The van der Waals surface area contributed by atoms with Crippen molar-refractivity contribution in [3.05, 3.63) is 69.5 Å². The molecule has 31 heavy (non-hydrogen) atoms. The van der Waals surface area contributed by atoms with Crippen molar-refractivity contribution < 1.29 is 4.79 Å². The fourth-order valence-electron chi connectivity index (χ4n) is 3.37. The van der Waals surface area contributed by atoms with Crippen LogP contribution in [0.1, 0.15) is 19.4 Å². The van der Waals surface area contributed by atoms with Crippen LogP contribution < -0.4 is 10.9 Å². The molecule has 0 aliphatic heterocycles. The van der Waals surface area contributed by atoms with Gasteiger partial charge in [0.15, 0.2) is 5.16 Å². The van der Waals surface area contributed by atoms with Crippen molar-refractivity contribution in [2.75, 3.05) is 5.75 Å². The van der Waals surface area contributed by atoms with E-state index < -0.39 is 0 Å². The summed E-state index contributed by atoms with van der Waals surface area (Å²) < 4.78 is 3.51. The van der Waals surface area contributed by atoms with Gasteiger partial charge in [0.25, 0.3) is 5.56 Å². The van der Waals surface area contributed by atoms with Crippen LogP contribution in [0.25, 0.3) is 16.7 Å². The van der Waals surface area contributed by atoms with E-state index >= 15 is 0 Å². The maximum absolute atomic E-state index is 13.0. The summed E-state index contributed by atoms with van der Waals surface area (Å²) in [4.78, 5) is 25.4. The average molecular weight is 456 g/mol.